The summed E-state index contributed by atoms with van der Waals surface area (Å²) in [4.78, 5) is 37.1. The van der Waals surface area contributed by atoms with Crippen LogP contribution in [0.3, 0.4) is 0 Å². The van der Waals surface area contributed by atoms with Crippen LogP contribution in [0.15, 0.2) is 35.9 Å². The van der Waals surface area contributed by atoms with Gasteiger partial charge in [0.2, 0.25) is 5.91 Å². The predicted octanol–water partition coefficient (Wildman–Crippen LogP) is 2.70. The first kappa shape index (κ1) is 21.8. The SMILES string of the molecule is COc1ccccc1-n1c(C)cc(/C=C(\C#N)C(=O)OCC(=O)N2CCCC2=O)c1C. The fourth-order valence-corrected chi connectivity index (χ4v) is 3.61. The van der Waals surface area contributed by atoms with E-state index in [-0.39, 0.29) is 11.5 Å². The first-order valence-corrected chi connectivity index (χ1v) is 9.81. The van der Waals surface area contributed by atoms with Gasteiger partial charge in [0.25, 0.3) is 5.91 Å². The summed E-state index contributed by atoms with van der Waals surface area (Å²) in [7, 11) is 1.59. The molecule has 160 valence electrons. The van der Waals surface area contributed by atoms with Crippen LogP contribution in [0.2, 0.25) is 0 Å². The zero-order valence-electron chi connectivity index (χ0n) is 17.7. The lowest BCUT2D eigenvalue weighted by Gasteiger charge is -2.14. The number of aryl methyl sites for hydroxylation is 1. The number of carbonyl (C=O) groups is 3. The molecule has 0 bridgehead atoms. The first-order valence-electron chi connectivity index (χ1n) is 9.81. The fourth-order valence-electron chi connectivity index (χ4n) is 3.61. The van der Waals surface area contributed by atoms with Crippen molar-refractivity contribution in [3.8, 4) is 17.5 Å². The molecule has 0 radical (unpaired) electrons. The number of imide groups is 1. The Balaban J connectivity index is 1.81. The van der Waals surface area contributed by atoms with Crippen molar-refractivity contribution in [3.05, 3.63) is 52.9 Å². The highest BCUT2D eigenvalue weighted by atomic mass is 16.5. The molecule has 1 saturated heterocycles. The average Bonchev–Trinajstić information content (AvgIpc) is 3.32. The number of para-hydroxylation sites is 2. The van der Waals surface area contributed by atoms with Crippen LogP contribution in [-0.2, 0) is 19.1 Å². The van der Waals surface area contributed by atoms with Crippen LogP contribution in [0.25, 0.3) is 11.8 Å². The molecular formula is C23H23N3O5. The number of nitrogens with zero attached hydrogens (tertiary/aromatic N) is 3. The van der Waals surface area contributed by atoms with Gasteiger partial charge < -0.3 is 14.0 Å². The van der Waals surface area contributed by atoms with Crippen molar-refractivity contribution in [2.75, 3.05) is 20.3 Å². The molecule has 0 aliphatic carbocycles. The molecule has 2 heterocycles. The van der Waals surface area contributed by atoms with Gasteiger partial charge in [-0.15, -0.1) is 0 Å². The summed E-state index contributed by atoms with van der Waals surface area (Å²) in [6.07, 6.45) is 2.34. The van der Waals surface area contributed by atoms with Crippen molar-refractivity contribution in [3.63, 3.8) is 0 Å². The molecule has 1 aliphatic rings. The highest BCUT2D eigenvalue weighted by Gasteiger charge is 2.27. The van der Waals surface area contributed by atoms with Crippen LogP contribution in [-0.4, -0.2) is 47.5 Å². The van der Waals surface area contributed by atoms with Crippen molar-refractivity contribution >= 4 is 23.9 Å². The molecule has 0 saturated carbocycles. The lowest BCUT2D eigenvalue weighted by Crippen LogP contribution is -2.35. The molecule has 1 aromatic heterocycles. The van der Waals surface area contributed by atoms with Crippen molar-refractivity contribution < 1.29 is 23.9 Å². The molecule has 8 heteroatoms. The Hall–Kier alpha value is -3.86. The number of methoxy groups -OCH3 is 1. The number of hydrogen-bond acceptors (Lipinski definition) is 6. The van der Waals surface area contributed by atoms with E-state index < -0.39 is 18.5 Å². The lowest BCUT2D eigenvalue weighted by molar-refractivity contribution is -0.152. The van der Waals surface area contributed by atoms with Gasteiger partial charge in [-0.05, 0) is 50.1 Å². The van der Waals surface area contributed by atoms with E-state index in [4.69, 9.17) is 9.47 Å². The first-order chi connectivity index (χ1) is 14.9. The van der Waals surface area contributed by atoms with Gasteiger partial charge in [-0.1, -0.05) is 12.1 Å². The Morgan fingerprint density at radius 3 is 2.65 bits per heavy atom. The quantitative estimate of drug-likeness (QED) is 0.404. The molecule has 31 heavy (non-hydrogen) atoms. The molecule has 0 unspecified atom stereocenters. The van der Waals surface area contributed by atoms with E-state index in [1.54, 1.807) is 7.11 Å². The molecule has 8 nitrogen and oxygen atoms in total. The number of esters is 1. The number of carbonyl (C=O) groups excluding carboxylic acids is 3. The Morgan fingerprint density at radius 1 is 1.26 bits per heavy atom. The maximum absolute atomic E-state index is 12.4. The second-order valence-corrected chi connectivity index (χ2v) is 7.12. The maximum atomic E-state index is 12.4. The zero-order chi connectivity index (χ0) is 22.5. The number of nitriles is 1. The second kappa shape index (κ2) is 9.30. The number of ether oxygens (including phenoxy) is 2. The largest absolute Gasteiger partial charge is 0.495 e. The summed E-state index contributed by atoms with van der Waals surface area (Å²) in [5, 5.41) is 9.45. The van der Waals surface area contributed by atoms with E-state index >= 15 is 0 Å². The molecule has 3 rings (SSSR count). The topological polar surface area (TPSA) is 102 Å². The maximum Gasteiger partial charge on any atom is 0.349 e. The third-order valence-corrected chi connectivity index (χ3v) is 5.14. The van der Waals surface area contributed by atoms with E-state index in [9.17, 15) is 19.6 Å². The highest BCUT2D eigenvalue weighted by Crippen LogP contribution is 2.28. The van der Waals surface area contributed by atoms with Gasteiger partial charge in [0.1, 0.15) is 17.4 Å². The summed E-state index contributed by atoms with van der Waals surface area (Å²) < 4.78 is 12.4. The minimum Gasteiger partial charge on any atom is -0.495 e. The Morgan fingerprint density at radius 2 is 2.00 bits per heavy atom. The van der Waals surface area contributed by atoms with Crippen molar-refractivity contribution in [2.45, 2.75) is 26.7 Å². The molecule has 2 amide bonds. The molecule has 2 aromatic rings. The predicted molar refractivity (Wildman–Crippen MR) is 112 cm³/mol. The summed E-state index contributed by atoms with van der Waals surface area (Å²) in [5.74, 6) is -1.08. The van der Waals surface area contributed by atoms with Crippen LogP contribution >= 0.6 is 0 Å². The zero-order valence-corrected chi connectivity index (χ0v) is 17.7. The summed E-state index contributed by atoms with van der Waals surface area (Å²) in [6, 6.07) is 11.2. The normalized spacial score (nSPS) is 13.8. The smallest absolute Gasteiger partial charge is 0.349 e. The fraction of sp³-hybridized carbons (Fsp3) is 0.304. The van der Waals surface area contributed by atoms with Gasteiger partial charge in [-0.3, -0.25) is 14.5 Å². The van der Waals surface area contributed by atoms with Crippen molar-refractivity contribution in [1.82, 2.24) is 9.47 Å². The van der Waals surface area contributed by atoms with E-state index in [1.165, 1.54) is 6.08 Å². The van der Waals surface area contributed by atoms with E-state index in [2.05, 4.69) is 0 Å². The molecule has 1 fully saturated rings. The van der Waals surface area contributed by atoms with Gasteiger partial charge in [-0.2, -0.15) is 5.26 Å². The second-order valence-electron chi connectivity index (χ2n) is 7.12. The molecular weight excluding hydrogens is 398 g/mol. The summed E-state index contributed by atoms with van der Waals surface area (Å²) in [5.41, 5.74) is 2.96. The van der Waals surface area contributed by atoms with Crippen LogP contribution in [0.1, 0.15) is 29.8 Å². The van der Waals surface area contributed by atoms with Crippen LogP contribution in [0.4, 0.5) is 0 Å². The van der Waals surface area contributed by atoms with Crippen LogP contribution in [0, 0.1) is 25.2 Å². The summed E-state index contributed by atoms with van der Waals surface area (Å²) >= 11 is 0. The van der Waals surface area contributed by atoms with Crippen molar-refractivity contribution in [2.24, 2.45) is 0 Å². The van der Waals surface area contributed by atoms with Gasteiger partial charge in [0.15, 0.2) is 6.61 Å². The van der Waals surface area contributed by atoms with Crippen LogP contribution < -0.4 is 4.74 Å². The molecule has 0 spiro atoms. The molecule has 0 atom stereocenters. The number of hydrogen-bond donors (Lipinski definition) is 0. The van der Waals surface area contributed by atoms with E-state index in [0.717, 1.165) is 22.0 Å². The number of benzene rings is 1. The van der Waals surface area contributed by atoms with Gasteiger partial charge >= 0.3 is 5.97 Å². The van der Waals surface area contributed by atoms with Gasteiger partial charge in [0, 0.05) is 24.4 Å². The van der Waals surface area contributed by atoms with E-state index in [1.807, 2.05) is 54.8 Å². The number of likely N-dealkylation sites (tertiary alicyclic amines) is 1. The van der Waals surface area contributed by atoms with Gasteiger partial charge in [0.05, 0.1) is 12.8 Å². The number of amides is 2. The standard InChI is InChI=1S/C23H23N3O5/c1-15-11-17(16(2)26(15)19-7-4-5-8-20(19)30-3)12-18(13-24)23(29)31-14-22(28)25-10-6-9-21(25)27/h4-5,7-8,11-12H,6,9-10,14H2,1-3H3/b18-12+. The molecule has 1 aromatic carbocycles. The third kappa shape index (κ3) is 4.51. The minimum atomic E-state index is -0.912. The van der Waals surface area contributed by atoms with Crippen LogP contribution in [0.5, 0.6) is 5.75 Å². The Bertz CT molecular complexity index is 1110. The Kier molecular flexibility index (Phi) is 6.55. The highest BCUT2D eigenvalue weighted by molar-refractivity contribution is 6.01. The number of rotatable bonds is 6. The lowest BCUT2D eigenvalue weighted by atomic mass is 10.1. The average molecular weight is 421 g/mol. The van der Waals surface area contributed by atoms with Crippen molar-refractivity contribution in [1.29, 1.82) is 5.26 Å². The number of aromatic nitrogens is 1. The molecule has 1 aliphatic heterocycles. The van der Waals surface area contributed by atoms with E-state index in [0.29, 0.717) is 30.7 Å². The monoisotopic (exact) mass is 421 g/mol. The summed E-state index contributed by atoms with van der Waals surface area (Å²) in [6.45, 7) is 3.52. The Labute approximate surface area is 180 Å². The van der Waals surface area contributed by atoms with Gasteiger partial charge in [-0.25, -0.2) is 4.79 Å². The molecule has 0 N–H and O–H groups in total. The minimum absolute atomic E-state index is 0.235. The third-order valence-electron chi connectivity index (χ3n) is 5.14.